The van der Waals surface area contributed by atoms with Crippen molar-refractivity contribution < 1.29 is 9.53 Å². The average molecular weight is 391 g/mol. The molecule has 0 aromatic heterocycles. The average Bonchev–Trinajstić information content (AvgIpc) is 2.72. The van der Waals surface area contributed by atoms with Gasteiger partial charge in [-0.05, 0) is 51.3 Å². The molecule has 1 aromatic carbocycles. The summed E-state index contributed by atoms with van der Waals surface area (Å²) in [5.41, 5.74) is 1.81. The van der Waals surface area contributed by atoms with Crippen molar-refractivity contribution in [1.29, 1.82) is 0 Å². The Morgan fingerprint density at radius 3 is 2.29 bits per heavy atom. The van der Waals surface area contributed by atoms with Gasteiger partial charge in [0.15, 0.2) is 5.96 Å². The van der Waals surface area contributed by atoms with E-state index in [1.54, 1.807) is 0 Å². The maximum absolute atomic E-state index is 12.4. The van der Waals surface area contributed by atoms with Gasteiger partial charge in [0.2, 0.25) is 0 Å². The van der Waals surface area contributed by atoms with Crippen molar-refractivity contribution in [3.05, 3.63) is 35.4 Å². The quantitative estimate of drug-likeness (QED) is 0.308. The molecule has 0 aliphatic heterocycles. The summed E-state index contributed by atoms with van der Waals surface area (Å²) in [5, 5.41) is 6.60. The third-order valence-electron chi connectivity index (χ3n) is 4.42. The van der Waals surface area contributed by atoms with Crippen LogP contribution in [0.5, 0.6) is 0 Å². The molecule has 2 N–H and O–H groups in total. The van der Waals surface area contributed by atoms with Crippen LogP contribution in [0.3, 0.4) is 0 Å². The van der Waals surface area contributed by atoms with E-state index in [4.69, 9.17) is 4.74 Å². The largest absolute Gasteiger partial charge is 0.381 e. The second-order valence-corrected chi connectivity index (χ2v) is 6.62. The van der Waals surface area contributed by atoms with Crippen LogP contribution in [0.2, 0.25) is 0 Å². The molecule has 6 nitrogen and oxygen atoms in total. The maximum Gasteiger partial charge on any atom is 0.253 e. The monoisotopic (exact) mass is 390 g/mol. The zero-order valence-corrected chi connectivity index (χ0v) is 18.1. The molecule has 0 spiro atoms. The second-order valence-electron chi connectivity index (χ2n) is 6.62. The van der Waals surface area contributed by atoms with Crippen molar-refractivity contribution in [2.75, 3.05) is 39.4 Å². The third-order valence-corrected chi connectivity index (χ3v) is 4.42. The number of guanidine groups is 1. The lowest BCUT2D eigenvalue weighted by atomic mass is 10.1. The predicted octanol–water partition coefficient (Wildman–Crippen LogP) is 3.43. The Morgan fingerprint density at radius 1 is 1.00 bits per heavy atom. The van der Waals surface area contributed by atoms with Gasteiger partial charge in [-0.25, -0.2) is 4.99 Å². The molecule has 0 atom stereocenters. The fourth-order valence-corrected chi connectivity index (χ4v) is 2.69. The van der Waals surface area contributed by atoms with Gasteiger partial charge < -0.3 is 20.3 Å². The number of rotatable bonds is 13. The highest BCUT2D eigenvalue weighted by molar-refractivity contribution is 5.94. The Balaban J connectivity index is 2.49. The summed E-state index contributed by atoms with van der Waals surface area (Å²) < 4.78 is 5.58. The fourth-order valence-electron chi connectivity index (χ4n) is 2.69. The molecule has 1 amide bonds. The molecule has 0 bridgehead atoms. The molecule has 0 saturated carbocycles. The molecule has 0 radical (unpaired) electrons. The van der Waals surface area contributed by atoms with Crippen LogP contribution < -0.4 is 10.6 Å². The van der Waals surface area contributed by atoms with Gasteiger partial charge in [-0.1, -0.05) is 25.5 Å². The van der Waals surface area contributed by atoms with E-state index in [1.165, 1.54) is 6.42 Å². The van der Waals surface area contributed by atoms with Crippen molar-refractivity contribution in [3.63, 3.8) is 0 Å². The molecule has 0 aliphatic carbocycles. The van der Waals surface area contributed by atoms with Crippen LogP contribution in [0, 0.1) is 0 Å². The first-order valence-electron chi connectivity index (χ1n) is 10.6. The van der Waals surface area contributed by atoms with Crippen LogP contribution in [-0.2, 0) is 11.3 Å². The van der Waals surface area contributed by atoms with Gasteiger partial charge in [-0.15, -0.1) is 0 Å². The molecule has 28 heavy (non-hydrogen) atoms. The number of benzene rings is 1. The van der Waals surface area contributed by atoms with Gasteiger partial charge in [0, 0.05) is 45.0 Å². The Bertz CT molecular complexity index is 568. The van der Waals surface area contributed by atoms with E-state index < -0.39 is 0 Å². The lowest BCUT2D eigenvalue weighted by Gasteiger charge is -2.18. The maximum atomic E-state index is 12.4. The number of hydrogen-bond acceptors (Lipinski definition) is 3. The lowest BCUT2D eigenvalue weighted by Crippen LogP contribution is -2.38. The molecular weight excluding hydrogens is 352 g/mol. The van der Waals surface area contributed by atoms with Crippen molar-refractivity contribution in [1.82, 2.24) is 15.5 Å². The van der Waals surface area contributed by atoms with Gasteiger partial charge in [0.05, 0.1) is 6.54 Å². The van der Waals surface area contributed by atoms with E-state index in [1.807, 2.05) is 43.0 Å². The predicted molar refractivity (Wildman–Crippen MR) is 117 cm³/mol. The molecule has 0 aliphatic rings. The van der Waals surface area contributed by atoms with E-state index in [2.05, 4.69) is 29.5 Å². The zero-order valence-electron chi connectivity index (χ0n) is 18.1. The first-order valence-corrected chi connectivity index (χ1v) is 10.6. The number of nitrogens with one attached hydrogen (secondary N) is 2. The number of unbranched alkanes of at least 4 members (excludes halogenated alkanes) is 1. The van der Waals surface area contributed by atoms with Crippen molar-refractivity contribution in [3.8, 4) is 0 Å². The van der Waals surface area contributed by atoms with Crippen LogP contribution in [0.4, 0.5) is 0 Å². The number of nitrogens with zero attached hydrogens (tertiary/aromatic N) is 2. The van der Waals surface area contributed by atoms with Crippen molar-refractivity contribution in [2.24, 2.45) is 4.99 Å². The van der Waals surface area contributed by atoms with Gasteiger partial charge >= 0.3 is 0 Å². The summed E-state index contributed by atoms with van der Waals surface area (Å²) in [6, 6.07) is 7.73. The van der Waals surface area contributed by atoms with Crippen LogP contribution >= 0.6 is 0 Å². The number of carbonyl (C=O) groups excluding carboxylic acids is 1. The van der Waals surface area contributed by atoms with Crippen LogP contribution in [0.25, 0.3) is 0 Å². The third kappa shape index (κ3) is 9.22. The minimum atomic E-state index is 0.0798. The molecule has 0 heterocycles. The standard InChI is InChI=1S/C22H38N4O2/c1-5-9-16-28-17-10-15-24-22(23-6-2)25-18-19-11-13-20(14-12-19)21(27)26(7-3)8-4/h11-14H,5-10,15-18H2,1-4H3,(H2,23,24,25). The van der Waals surface area contributed by atoms with Crippen molar-refractivity contribution >= 4 is 11.9 Å². The van der Waals surface area contributed by atoms with E-state index >= 15 is 0 Å². The summed E-state index contributed by atoms with van der Waals surface area (Å²) in [7, 11) is 0. The Kier molecular flexibility index (Phi) is 12.8. The summed E-state index contributed by atoms with van der Waals surface area (Å²) in [6.45, 7) is 13.5. The van der Waals surface area contributed by atoms with E-state index in [-0.39, 0.29) is 5.91 Å². The van der Waals surface area contributed by atoms with Gasteiger partial charge in [-0.2, -0.15) is 0 Å². The SMILES string of the molecule is CCCCOCCCNC(=NCc1ccc(C(=O)N(CC)CC)cc1)NCC. The van der Waals surface area contributed by atoms with Gasteiger partial charge in [-0.3, -0.25) is 4.79 Å². The minimum Gasteiger partial charge on any atom is -0.381 e. The molecule has 158 valence electrons. The molecule has 1 aromatic rings. The Labute approximate surface area is 170 Å². The van der Waals surface area contributed by atoms with Crippen molar-refractivity contribution in [2.45, 2.75) is 53.5 Å². The highest BCUT2D eigenvalue weighted by atomic mass is 16.5. The summed E-state index contributed by atoms with van der Waals surface area (Å²) in [4.78, 5) is 18.8. The number of carbonyl (C=O) groups is 1. The fraction of sp³-hybridized carbons (Fsp3) is 0.636. The molecule has 0 saturated heterocycles. The highest BCUT2D eigenvalue weighted by Crippen LogP contribution is 2.09. The number of aliphatic imine (C=N–C) groups is 1. The molecule has 0 fully saturated rings. The minimum absolute atomic E-state index is 0.0798. The zero-order chi connectivity index (χ0) is 20.6. The first kappa shape index (κ1) is 24.0. The number of amides is 1. The first-order chi connectivity index (χ1) is 13.7. The van der Waals surface area contributed by atoms with Crippen LogP contribution in [-0.4, -0.2) is 56.2 Å². The van der Waals surface area contributed by atoms with Crippen LogP contribution in [0.15, 0.2) is 29.3 Å². The Hall–Kier alpha value is -2.08. The van der Waals surface area contributed by atoms with E-state index in [0.717, 1.165) is 69.3 Å². The molecule has 6 heteroatoms. The summed E-state index contributed by atoms with van der Waals surface area (Å²) in [6.07, 6.45) is 3.24. The van der Waals surface area contributed by atoms with Crippen LogP contribution in [0.1, 0.15) is 62.9 Å². The van der Waals surface area contributed by atoms with Gasteiger partial charge in [0.25, 0.3) is 5.91 Å². The summed E-state index contributed by atoms with van der Waals surface area (Å²) in [5.74, 6) is 0.885. The topological polar surface area (TPSA) is 66.0 Å². The molecule has 0 unspecified atom stereocenters. The van der Waals surface area contributed by atoms with E-state index in [9.17, 15) is 4.79 Å². The smallest absolute Gasteiger partial charge is 0.253 e. The Morgan fingerprint density at radius 2 is 1.68 bits per heavy atom. The number of hydrogen-bond donors (Lipinski definition) is 2. The lowest BCUT2D eigenvalue weighted by molar-refractivity contribution is 0.0773. The molecule has 1 rings (SSSR count). The second kappa shape index (κ2) is 14.9. The highest BCUT2D eigenvalue weighted by Gasteiger charge is 2.11. The number of ether oxygens (including phenoxy) is 1. The van der Waals surface area contributed by atoms with E-state index in [0.29, 0.717) is 6.54 Å². The molecular formula is C22H38N4O2. The van der Waals surface area contributed by atoms with Gasteiger partial charge in [0.1, 0.15) is 0 Å². The normalized spacial score (nSPS) is 11.4. The summed E-state index contributed by atoms with van der Waals surface area (Å²) >= 11 is 0.